The number of rotatable bonds is 9. The van der Waals surface area contributed by atoms with Crippen LogP contribution in [0.5, 0.6) is 0 Å². The Bertz CT molecular complexity index is 1260. The summed E-state index contributed by atoms with van der Waals surface area (Å²) < 4.78 is 28.8. The van der Waals surface area contributed by atoms with Crippen molar-refractivity contribution in [3.63, 3.8) is 0 Å². The van der Waals surface area contributed by atoms with Crippen LogP contribution in [0.4, 0.5) is 5.13 Å². The van der Waals surface area contributed by atoms with E-state index in [9.17, 15) is 13.2 Å². The lowest BCUT2D eigenvalue weighted by molar-refractivity contribution is -0.123. The van der Waals surface area contributed by atoms with Gasteiger partial charge in [-0.3, -0.25) is 9.69 Å². The Morgan fingerprint density at radius 1 is 1.11 bits per heavy atom. The summed E-state index contributed by atoms with van der Waals surface area (Å²) >= 11 is 2.80. The van der Waals surface area contributed by atoms with Gasteiger partial charge in [0.05, 0.1) is 10.2 Å². The Morgan fingerprint density at radius 3 is 2.46 bits per heavy atom. The summed E-state index contributed by atoms with van der Waals surface area (Å²) in [5.74, 6) is -0.157. The maximum atomic E-state index is 13.8. The maximum Gasteiger partial charge on any atom is 0.252 e. The lowest BCUT2D eigenvalue weighted by Gasteiger charge is -2.33. The van der Waals surface area contributed by atoms with Gasteiger partial charge >= 0.3 is 0 Å². The molecule has 0 N–H and O–H groups in total. The number of anilines is 1. The number of sulfonamides is 1. The standard InChI is InChI=1S/C25H34N4O3S3/c1-5-27(6-2)15-16-29(25-26-23-19(4)18(3)9-10-21(23)34-25)24(30)20-11-13-28(14-12-20)35(31,32)22-8-7-17-33-22/h7-10,17,20H,5-6,11-16H2,1-4H3. The molecule has 1 amide bonds. The minimum absolute atomic E-state index is 0.0544. The number of piperidine rings is 1. The fourth-order valence-corrected chi connectivity index (χ4v) is 8.18. The molecule has 35 heavy (non-hydrogen) atoms. The lowest BCUT2D eigenvalue weighted by Crippen LogP contribution is -2.46. The molecule has 0 spiro atoms. The number of likely N-dealkylation sites (N-methyl/N-ethyl adjacent to an activating group) is 1. The average molecular weight is 535 g/mol. The van der Waals surface area contributed by atoms with E-state index in [2.05, 4.69) is 44.7 Å². The van der Waals surface area contributed by atoms with Crippen LogP contribution >= 0.6 is 22.7 Å². The Hall–Kier alpha value is -1.85. The second-order valence-corrected chi connectivity index (χ2v) is 13.1. The zero-order valence-electron chi connectivity index (χ0n) is 20.9. The second kappa shape index (κ2) is 11.0. The van der Waals surface area contributed by atoms with Crippen molar-refractivity contribution >= 4 is 54.0 Å². The first-order valence-electron chi connectivity index (χ1n) is 12.2. The third kappa shape index (κ3) is 5.46. The van der Waals surface area contributed by atoms with E-state index in [4.69, 9.17) is 4.98 Å². The van der Waals surface area contributed by atoms with Gasteiger partial charge in [0.15, 0.2) is 5.13 Å². The van der Waals surface area contributed by atoms with Crippen molar-refractivity contribution in [2.24, 2.45) is 5.92 Å². The van der Waals surface area contributed by atoms with E-state index in [0.717, 1.165) is 40.5 Å². The number of nitrogens with zero attached hydrogens (tertiary/aromatic N) is 4. The van der Waals surface area contributed by atoms with E-state index in [1.54, 1.807) is 28.8 Å². The van der Waals surface area contributed by atoms with Crippen LogP contribution in [0.1, 0.15) is 37.8 Å². The SMILES string of the molecule is CCN(CC)CCN(C(=O)C1CCN(S(=O)(=O)c2cccs2)CC1)c1nc2c(C)c(C)ccc2s1. The highest BCUT2D eigenvalue weighted by Gasteiger charge is 2.35. The van der Waals surface area contributed by atoms with Crippen molar-refractivity contribution in [1.29, 1.82) is 0 Å². The van der Waals surface area contributed by atoms with E-state index in [0.29, 0.717) is 36.7 Å². The van der Waals surface area contributed by atoms with Gasteiger partial charge < -0.3 is 4.90 Å². The second-order valence-electron chi connectivity index (χ2n) is 8.98. The molecule has 1 fully saturated rings. The van der Waals surface area contributed by atoms with Gasteiger partial charge in [-0.25, -0.2) is 13.4 Å². The lowest BCUT2D eigenvalue weighted by atomic mass is 9.96. The molecule has 0 atom stereocenters. The highest BCUT2D eigenvalue weighted by Crippen LogP contribution is 2.34. The zero-order valence-corrected chi connectivity index (χ0v) is 23.3. The normalized spacial score (nSPS) is 15.8. The molecule has 1 aliphatic heterocycles. The fraction of sp³-hybridized carbons (Fsp3) is 0.520. The molecular formula is C25H34N4O3S3. The van der Waals surface area contributed by atoms with Crippen molar-refractivity contribution in [2.45, 2.75) is 44.7 Å². The smallest absolute Gasteiger partial charge is 0.252 e. The number of carbonyl (C=O) groups excluding carboxylic acids is 1. The molecule has 4 rings (SSSR count). The van der Waals surface area contributed by atoms with Gasteiger partial charge in [-0.1, -0.05) is 37.3 Å². The highest BCUT2D eigenvalue weighted by atomic mass is 32.2. The van der Waals surface area contributed by atoms with Gasteiger partial charge in [0, 0.05) is 32.1 Å². The molecule has 1 aromatic carbocycles. The van der Waals surface area contributed by atoms with E-state index in [1.165, 1.54) is 21.2 Å². The van der Waals surface area contributed by atoms with E-state index in [-0.39, 0.29) is 11.8 Å². The van der Waals surface area contributed by atoms with Gasteiger partial charge in [-0.15, -0.1) is 11.3 Å². The van der Waals surface area contributed by atoms with Crippen LogP contribution in [-0.2, 0) is 14.8 Å². The third-order valence-corrected chi connectivity index (χ3v) is 11.3. The van der Waals surface area contributed by atoms with Crippen molar-refractivity contribution in [3.8, 4) is 0 Å². The summed E-state index contributed by atoms with van der Waals surface area (Å²) in [7, 11) is -3.48. The Labute approximate surface area is 216 Å². The predicted molar refractivity (Wildman–Crippen MR) is 145 cm³/mol. The predicted octanol–water partition coefficient (Wildman–Crippen LogP) is 4.75. The molecule has 1 saturated heterocycles. The third-order valence-electron chi connectivity index (χ3n) is 7.00. The molecule has 190 valence electrons. The summed E-state index contributed by atoms with van der Waals surface area (Å²) in [6, 6.07) is 7.58. The van der Waals surface area contributed by atoms with Crippen LogP contribution in [0, 0.1) is 19.8 Å². The highest BCUT2D eigenvalue weighted by molar-refractivity contribution is 7.91. The number of benzene rings is 1. The summed E-state index contributed by atoms with van der Waals surface area (Å²) in [4.78, 5) is 22.9. The topological polar surface area (TPSA) is 73.8 Å². The molecule has 0 radical (unpaired) electrons. The minimum atomic E-state index is -3.48. The van der Waals surface area contributed by atoms with E-state index >= 15 is 0 Å². The Morgan fingerprint density at radius 2 is 1.83 bits per heavy atom. The van der Waals surface area contributed by atoms with Gasteiger partial charge in [-0.2, -0.15) is 4.31 Å². The molecular weight excluding hydrogens is 501 g/mol. The number of carbonyl (C=O) groups is 1. The van der Waals surface area contributed by atoms with Crippen molar-refractivity contribution in [2.75, 3.05) is 44.2 Å². The monoisotopic (exact) mass is 534 g/mol. The first-order chi connectivity index (χ1) is 16.8. The average Bonchev–Trinajstić information content (AvgIpc) is 3.55. The summed E-state index contributed by atoms with van der Waals surface area (Å²) in [6.45, 7) is 12.3. The Balaban J connectivity index is 1.55. The van der Waals surface area contributed by atoms with Crippen LogP contribution in [0.2, 0.25) is 0 Å². The minimum Gasteiger partial charge on any atom is -0.302 e. The van der Waals surface area contributed by atoms with Crippen molar-refractivity contribution in [1.82, 2.24) is 14.2 Å². The first kappa shape index (κ1) is 26.2. The molecule has 3 aromatic rings. The van der Waals surface area contributed by atoms with Crippen LogP contribution in [0.15, 0.2) is 33.9 Å². The first-order valence-corrected chi connectivity index (χ1v) is 15.3. The molecule has 2 aromatic heterocycles. The molecule has 1 aliphatic rings. The van der Waals surface area contributed by atoms with Crippen LogP contribution in [-0.4, -0.2) is 67.8 Å². The molecule has 3 heterocycles. The molecule has 0 bridgehead atoms. The van der Waals surface area contributed by atoms with Gasteiger partial charge in [0.2, 0.25) is 5.91 Å². The molecule has 0 aliphatic carbocycles. The van der Waals surface area contributed by atoms with Crippen LogP contribution in [0.3, 0.4) is 0 Å². The van der Waals surface area contributed by atoms with Gasteiger partial charge in [0.25, 0.3) is 10.0 Å². The van der Waals surface area contributed by atoms with Crippen molar-refractivity contribution in [3.05, 3.63) is 40.8 Å². The number of aryl methyl sites for hydroxylation is 2. The number of hydrogen-bond acceptors (Lipinski definition) is 7. The number of aromatic nitrogens is 1. The molecule has 7 nitrogen and oxygen atoms in total. The summed E-state index contributed by atoms with van der Waals surface area (Å²) in [5, 5.41) is 2.51. The van der Waals surface area contributed by atoms with E-state index < -0.39 is 10.0 Å². The van der Waals surface area contributed by atoms with Crippen LogP contribution < -0.4 is 4.90 Å². The largest absolute Gasteiger partial charge is 0.302 e. The molecule has 10 heteroatoms. The Kier molecular flexibility index (Phi) is 8.27. The number of amides is 1. The quantitative estimate of drug-likeness (QED) is 0.396. The van der Waals surface area contributed by atoms with Gasteiger partial charge in [-0.05, 0) is 68.4 Å². The van der Waals surface area contributed by atoms with E-state index in [1.807, 2.05) is 4.90 Å². The molecule has 0 saturated carbocycles. The fourth-order valence-electron chi connectivity index (χ4n) is 4.51. The van der Waals surface area contributed by atoms with Crippen LogP contribution in [0.25, 0.3) is 10.2 Å². The maximum absolute atomic E-state index is 13.8. The molecule has 0 unspecified atom stereocenters. The van der Waals surface area contributed by atoms with Crippen molar-refractivity contribution < 1.29 is 13.2 Å². The number of fused-ring (bicyclic) bond motifs is 1. The van der Waals surface area contributed by atoms with Gasteiger partial charge in [0.1, 0.15) is 4.21 Å². The number of thiophene rings is 1. The summed E-state index contributed by atoms with van der Waals surface area (Å²) in [5.41, 5.74) is 3.30. The summed E-state index contributed by atoms with van der Waals surface area (Å²) in [6.07, 6.45) is 1.04. The zero-order chi connectivity index (χ0) is 25.2. The number of thiazole rings is 1. The number of hydrogen-bond donors (Lipinski definition) is 0.